The third kappa shape index (κ3) is 1.47. The van der Waals surface area contributed by atoms with Crippen LogP contribution in [-0.2, 0) is 4.74 Å². The highest BCUT2D eigenvalue weighted by Crippen LogP contribution is 2.32. The molecule has 0 aromatic carbocycles. The summed E-state index contributed by atoms with van der Waals surface area (Å²) in [5, 5.41) is 3.36. The molecular weight excluding hydrogens is 180 g/mol. The van der Waals surface area contributed by atoms with Gasteiger partial charge in [0.05, 0.1) is 5.54 Å². The fraction of sp³-hybridized carbons (Fsp3) is 0.900. The van der Waals surface area contributed by atoms with Gasteiger partial charge in [0.25, 0.3) is 0 Å². The molecule has 0 bridgehead atoms. The molecule has 0 aliphatic carbocycles. The van der Waals surface area contributed by atoms with Crippen LogP contribution in [0.5, 0.6) is 0 Å². The molecule has 2 saturated heterocycles. The molecule has 2 heterocycles. The summed E-state index contributed by atoms with van der Waals surface area (Å²) in [4.78, 5) is 13.4. The Morgan fingerprint density at radius 2 is 2.36 bits per heavy atom. The zero-order valence-corrected chi connectivity index (χ0v) is 8.71. The minimum atomic E-state index is -0.130. The van der Waals surface area contributed by atoms with Crippen molar-refractivity contribution in [1.82, 2.24) is 10.2 Å². The van der Waals surface area contributed by atoms with Crippen LogP contribution in [0.3, 0.4) is 0 Å². The monoisotopic (exact) mass is 198 g/mol. The van der Waals surface area contributed by atoms with Gasteiger partial charge >= 0.3 is 6.09 Å². The lowest BCUT2D eigenvalue weighted by molar-refractivity contribution is 0.147. The Morgan fingerprint density at radius 1 is 1.50 bits per heavy atom. The Labute approximate surface area is 84.6 Å². The van der Waals surface area contributed by atoms with Gasteiger partial charge < -0.3 is 10.1 Å². The third-order valence-corrected chi connectivity index (χ3v) is 3.34. The summed E-state index contributed by atoms with van der Waals surface area (Å²) in [7, 11) is 0. The van der Waals surface area contributed by atoms with Gasteiger partial charge in [0.2, 0.25) is 0 Å². The van der Waals surface area contributed by atoms with Crippen LogP contribution in [0.2, 0.25) is 0 Å². The number of nitrogens with zero attached hydrogens (tertiary/aromatic N) is 1. The van der Waals surface area contributed by atoms with E-state index in [1.807, 2.05) is 11.8 Å². The maximum Gasteiger partial charge on any atom is 0.410 e. The maximum absolute atomic E-state index is 11.5. The van der Waals surface area contributed by atoms with E-state index in [1.165, 1.54) is 0 Å². The number of likely N-dealkylation sites (N-methyl/N-ethyl adjacent to an activating group) is 1. The number of carbonyl (C=O) groups is 1. The Kier molecular flexibility index (Phi) is 2.63. The highest BCUT2D eigenvalue weighted by atomic mass is 16.6. The van der Waals surface area contributed by atoms with E-state index in [1.54, 1.807) is 0 Å². The number of hydrogen-bond acceptors (Lipinski definition) is 3. The lowest BCUT2D eigenvalue weighted by atomic mass is 9.90. The fourth-order valence-electron chi connectivity index (χ4n) is 2.54. The smallest absolute Gasteiger partial charge is 0.410 e. The molecule has 2 rings (SSSR count). The van der Waals surface area contributed by atoms with Gasteiger partial charge in [0.1, 0.15) is 6.61 Å². The lowest BCUT2D eigenvalue weighted by Crippen LogP contribution is -2.47. The van der Waals surface area contributed by atoms with Gasteiger partial charge in [-0.25, -0.2) is 4.79 Å². The quantitative estimate of drug-likeness (QED) is 0.682. The second-order valence-electron chi connectivity index (χ2n) is 4.13. The summed E-state index contributed by atoms with van der Waals surface area (Å²) in [5.74, 6) is 0. The maximum atomic E-state index is 11.5. The Bertz CT molecular complexity index is 222. The Hall–Kier alpha value is -0.770. The summed E-state index contributed by atoms with van der Waals surface area (Å²) in [6, 6.07) is 0. The molecule has 1 unspecified atom stereocenters. The summed E-state index contributed by atoms with van der Waals surface area (Å²) >= 11 is 0. The molecule has 0 radical (unpaired) electrons. The standard InChI is InChI=1S/C10H18N2O2/c1-2-12-9(13)14-8-10(12)4-3-6-11-7-5-10/h11H,2-8H2,1H3. The average Bonchev–Trinajstić information content (AvgIpc) is 2.39. The second kappa shape index (κ2) is 3.77. The van der Waals surface area contributed by atoms with Crippen LogP contribution in [0.15, 0.2) is 0 Å². The summed E-state index contributed by atoms with van der Waals surface area (Å²) in [5.41, 5.74) is -0.00463. The van der Waals surface area contributed by atoms with E-state index < -0.39 is 0 Å². The molecule has 14 heavy (non-hydrogen) atoms. The minimum absolute atomic E-state index is 0.00463. The second-order valence-corrected chi connectivity index (χ2v) is 4.13. The molecule has 1 amide bonds. The van der Waals surface area contributed by atoms with Gasteiger partial charge in [-0.2, -0.15) is 0 Å². The molecule has 2 fully saturated rings. The van der Waals surface area contributed by atoms with E-state index >= 15 is 0 Å². The first-order chi connectivity index (χ1) is 6.78. The van der Waals surface area contributed by atoms with Gasteiger partial charge in [-0.1, -0.05) is 0 Å². The van der Waals surface area contributed by atoms with Crippen molar-refractivity contribution in [1.29, 1.82) is 0 Å². The van der Waals surface area contributed by atoms with Crippen LogP contribution in [0, 0.1) is 0 Å². The molecule has 1 spiro atoms. The first kappa shape index (κ1) is 9.77. The number of nitrogens with one attached hydrogen (secondary N) is 1. The van der Waals surface area contributed by atoms with Crippen molar-refractivity contribution >= 4 is 6.09 Å². The number of hydrogen-bond donors (Lipinski definition) is 1. The lowest BCUT2D eigenvalue weighted by Gasteiger charge is -2.33. The molecule has 1 atom stereocenters. The third-order valence-electron chi connectivity index (χ3n) is 3.34. The number of cyclic esters (lactones) is 1. The highest BCUT2D eigenvalue weighted by molar-refractivity contribution is 5.71. The van der Waals surface area contributed by atoms with Crippen molar-refractivity contribution in [2.75, 3.05) is 26.2 Å². The molecular formula is C10H18N2O2. The predicted octanol–water partition coefficient (Wildman–Crippen LogP) is 0.971. The molecule has 0 aromatic heterocycles. The zero-order valence-electron chi connectivity index (χ0n) is 8.71. The van der Waals surface area contributed by atoms with E-state index in [0.29, 0.717) is 6.61 Å². The van der Waals surface area contributed by atoms with Crippen molar-refractivity contribution in [3.05, 3.63) is 0 Å². The van der Waals surface area contributed by atoms with Crippen molar-refractivity contribution in [2.24, 2.45) is 0 Å². The molecule has 2 aliphatic rings. The summed E-state index contributed by atoms with van der Waals surface area (Å²) in [6.07, 6.45) is 3.09. The van der Waals surface area contributed by atoms with Gasteiger partial charge in [0, 0.05) is 6.54 Å². The van der Waals surface area contributed by atoms with Gasteiger partial charge in [0.15, 0.2) is 0 Å². The molecule has 1 N–H and O–H groups in total. The van der Waals surface area contributed by atoms with Crippen LogP contribution < -0.4 is 5.32 Å². The van der Waals surface area contributed by atoms with Gasteiger partial charge in [-0.3, -0.25) is 4.90 Å². The van der Waals surface area contributed by atoms with E-state index in [9.17, 15) is 4.79 Å². The topological polar surface area (TPSA) is 41.6 Å². The van der Waals surface area contributed by atoms with Crippen molar-refractivity contribution in [3.8, 4) is 0 Å². The fourth-order valence-corrected chi connectivity index (χ4v) is 2.54. The van der Waals surface area contributed by atoms with Gasteiger partial charge in [-0.15, -0.1) is 0 Å². The van der Waals surface area contributed by atoms with Crippen molar-refractivity contribution in [3.63, 3.8) is 0 Å². The zero-order chi connectivity index (χ0) is 10.0. The average molecular weight is 198 g/mol. The number of amides is 1. The van der Waals surface area contributed by atoms with E-state index in [4.69, 9.17) is 4.74 Å². The number of carbonyl (C=O) groups excluding carboxylic acids is 1. The van der Waals surface area contributed by atoms with E-state index in [0.717, 1.165) is 38.9 Å². The summed E-state index contributed by atoms with van der Waals surface area (Å²) < 4.78 is 5.16. The minimum Gasteiger partial charge on any atom is -0.447 e. The van der Waals surface area contributed by atoms with Crippen molar-refractivity contribution in [2.45, 2.75) is 31.7 Å². The Balaban J connectivity index is 2.15. The molecule has 4 heteroatoms. The van der Waals surface area contributed by atoms with E-state index in [2.05, 4.69) is 5.32 Å². The van der Waals surface area contributed by atoms with Crippen LogP contribution >= 0.6 is 0 Å². The molecule has 4 nitrogen and oxygen atoms in total. The van der Waals surface area contributed by atoms with Gasteiger partial charge in [-0.05, 0) is 39.3 Å². The van der Waals surface area contributed by atoms with Crippen LogP contribution in [0.4, 0.5) is 4.79 Å². The normalized spacial score (nSPS) is 33.2. The SMILES string of the molecule is CCN1C(=O)OCC12CCCNCC2. The largest absolute Gasteiger partial charge is 0.447 e. The molecule has 0 aromatic rings. The van der Waals surface area contributed by atoms with Crippen molar-refractivity contribution < 1.29 is 9.53 Å². The first-order valence-electron chi connectivity index (χ1n) is 5.44. The predicted molar refractivity (Wildman–Crippen MR) is 53.2 cm³/mol. The molecule has 0 saturated carbocycles. The molecule has 2 aliphatic heterocycles. The number of ether oxygens (including phenoxy) is 1. The van der Waals surface area contributed by atoms with E-state index in [-0.39, 0.29) is 11.6 Å². The Morgan fingerprint density at radius 3 is 3.14 bits per heavy atom. The number of rotatable bonds is 1. The van der Waals surface area contributed by atoms with Crippen LogP contribution in [-0.4, -0.2) is 42.8 Å². The highest BCUT2D eigenvalue weighted by Gasteiger charge is 2.46. The molecule has 80 valence electrons. The van der Waals surface area contributed by atoms with Crippen LogP contribution in [0.1, 0.15) is 26.2 Å². The first-order valence-corrected chi connectivity index (χ1v) is 5.44. The summed E-state index contributed by atoms with van der Waals surface area (Å²) in [6.45, 7) is 5.42. The van der Waals surface area contributed by atoms with Crippen LogP contribution in [0.25, 0.3) is 0 Å².